The quantitative estimate of drug-likeness (QED) is 0.763. The van der Waals surface area contributed by atoms with Crippen LogP contribution in [-0.2, 0) is 0 Å². The minimum atomic E-state index is 0.117. The summed E-state index contributed by atoms with van der Waals surface area (Å²) >= 11 is 6.20. The molecule has 1 fully saturated rings. The van der Waals surface area contributed by atoms with Crippen molar-refractivity contribution in [2.75, 3.05) is 0 Å². The fourth-order valence-corrected chi connectivity index (χ4v) is 2.93. The number of rotatable bonds is 2. The molecule has 1 aromatic carbocycles. The molecular weight excluding hydrogens is 218 g/mol. The summed E-state index contributed by atoms with van der Waals surface area (Å²) in [5.74, 6) is 0.613. The highest BCUT2D eigenvalue weighted by atomic mass is 35.5. The summed E-state index contributed by atoms with van der Waals surface area (Å²) in [7, 11) is 0. The second kappa shape index (κ2) is 5.70. The van der Waals surface area contributed by atoms with Gasteiger partial charge in [0, 0.05) is 11.1 Å². The molecule has 0 bridgehead atoms. The Morgan fingerprint density at radius 2 is 1.69 bits per heavy atom. The first kappa shape index (κ1) is 11.9. The van der Waals surface area contributed by atoms with E-state index < -0.39 is 0 Å². The van der Waals surface area contributed by atoms with Gasteiger partial charge in [0.25, 0.3) is 0 Å². The molecule has 1 unspecified atom stereocenters. The Bertz CT molecular complexity index is 329. The van der Waals surface area contributed by atoms with E-state index in [-0.39, 0.29) is 6.04 Å². The third-order valence-electron chi connectivity index (χ3n) is 3.67. The third-order valence-corrected chi connectivity index (χ3v) is 4.02. The number of hydrogen-bond donors (Lipinski definition) is 1. The summed E-state index contributed by atoms with van der Waals surface area (Å²) in [5.41, 5.74) is 7.48. The topological polar surface area (TPSA) is 26.0 Å². The molecule has 1 nitrogen and oxygen atoms in total. The molecule has 1 aromatic rings. The fraction of sp³-hybridized carbons (Fsp3) is 0.571. The Hall–Kier alpha value is -0.530. The van der Waals surface area contributed by atoms with E-state index in [9.17, 15) is 0 Å². The fourth-order valence-electron chi connectivity index (χ4n) is 2.67. The van der Waals surface area contributed by atoms with Gasteiger partial charge < -0.3 is 5.73 Å². The van der Waals surface area contributed by atoms with Crippen LogP contribution >= 0.6 is 11.6 Å². The standard InChI is InChI=1S/C14H20ClN/c15-13-10-6-5-9-12(13)14(16)11-7-3-1-2-4-8-11/h5-6,9-11,14H,1-4,7-8,16H2. The lowest BCUT2D eigenvalue weighted by Gasteiger charge is -2.23. The van der Waals surface area contributed by atoms with Gasteiger partial charge in [-0.1, -0.05) is 55.5 Å². The zero-order valence-electron chi connectivity index (χ0n) is 9.66. The molecule has 1 saturated carbocycles. The molecule has 0 saturated heterocycles. The first-order valence-electron chi connectivity index (χ1n) is 6.29. The molecule has 1 aliphatic carbocycles. The van der Waals surface area contributed by atoms with E-state index in [4.69, 9.17) is 17.3 Å². The van der Waals surface area contributed by atoms with Crippen molar-refractivity contribution in [2.24, 2.45) is 11.7 Å². The normalized spacial score (nSPS) is 20.4. The van der Waals surface area contributed by atoms with Crippen molar-refractivity contribution in [3.63, 3.8) is 0 Å². The van der Waals surface area contributed by atoms with Crippen molar-refractivity contribution in [2.45, 2.75) is 44.6 Å². The molecule has 0 aliphatic heterocycles. The average molecular weight is 238 g/mol. The zero-order chi connectivity index (χ0) is 11.4. The summed E-state index contributed by atoms with van der Waals surface area (Å²) in [4.78, 5) is 0. The maximum atomic E-state index is 6.36. The molecule has 2 N–H and O–H groups in total. The maximum Gasteiger partial charge on any atom is 0.0453 e. The molecule has 2 rings (SSSR count). The predicted molar refractivity (Wildman–Crippen MR) is 69.6 cm³/mol. The molecule has 1 aliphatic rings. The molecule has 0 heterocycles. The highest BCUT2D eigenvalue weighted by Crippen LogP contribution is 2.34. The summed E-state index contributed by atoms with van der Waals surface area (Å²) in [5, 5.41) is 0.819. The Kier molecular flexibility index (Phi) is 4.25. The predicted octanol–water partition coefficient (Wildman–Crippen LogP) is 4.31. The molecular formula is C14H20ClN. The van der Waals surface area contributed by atoms with Gasteiger partial charge >= 0.3 is 0 Å². The summed E-state index contributed by atoms with van der Waals surface area (Å²) in [6, 6.07) is 8.11. The summed E-state index contributed by atoms with van der Waals surface area (Å²) in [6.07, 6.45) is 7.89. The van der Waals surface area contributed by atoms with E-state index in [1.165, 1.54) is 38.5 Å². The molecule has 0 radical (unpaired) electrons. The first-order valence-corrected chi connectivity index (χ1v) is 6.67. The summed E-state index contributed by atoms with van der Waals surface area (Å²) < 4.78 is 0. The van der Waals surface area contributed by atoms with Gasteiger partial charge in [-0.05, 0) is 30.4 Å². The van der Waals surface area contributed by atoms with E-state index in [1.807, 2.05) is 18.2 Å². The first-order chi connectivity index (χ1) is 7.79. The number of hydrogen-bond acceptors (Lipinski definition) is 1. The van der Waals surface area contributed by atoms with Gasteiger partial charge in [0.1, 0.15) is 0 Å². The Balaban J connectivity index is 2.11. The van der Waals surface area contributed by atoms with E-state index in [2.05, 4.69) is 6.07 Å². The van der Waals surface area contributed by atoms with Crippen molar-refractivity contribution in [1.82, 2.24) is 0 Å². The van der Waals surface area contributed by atoms with Gasteiger partial charge in [-0.25, -0.2) is 0 Å². The van der Waals surface area contributed by atoms with E-state index >= 15 is 0 Å². The molecule has 16 heavy (non-hydrogen) atoms. The van der Waals surface area contributed by atoms with Crippen LogP contribution < -0.4 is 5.73 Å². The minimum absolute atomic E-state index is 0.117. The SMILES string of the molecule is NC(c1ccccc1Cl)C1CCCCCC1. The second-order valence-corrected chi connectivity index (χ2v) is 5.21. The summed E-state index contributed by atoms with van der Waals surface area (Å²) in [6.45, 7) is 0. The van der Waals surface area contributed by atoms with Crippen LogP contribution in [0.15, 0.2) is 24.3 Å². The van der Waals surface area contributed by atoms with Gasteiger partial charge in [-0.2, -0.15) is 0 Å². The van der Waals surface area contributed by atoms with Crippen molar-refractivity contribution in [3.05, 3.63) is 34.9 Å². The van der Waals surface area contributed by atoms with Crippen LogP contribution in [0.4, 0.5) is 0 Å². The lowest BCUT2D eigenvalue weighted by atomic mass is 9.88. The lowest BCUT2D eigenvalue weighted by molar-refractivity contribution is 0.382. The van der Waals surface area contributed by atoms with Crippen molar-refractivity contribution >= 4 is 11.6 Å². The van der Waals surface area contributed by atoms with Gasteiger partial charge in [0.2, 0.25) is 0 Å². The Labute approximate surface area is 103 Å². The van der Waals surface area contributed by atoms with Gasteiger partial charge in [0.05, 0.1) is 0 Å². The lowest BCUT2D eigenvalue weighted by Crippen LogP contribution is -2.21. The minimum Gasteiger partial charge on any atom is -0.324 e. The Morgan fingerprint density at radius 1 is 1.06 bits per heavy atom. The molecule has 0 amide bonds. The van der Waals surface area contributed by atoms with E-state index in [0.29, 0.717) is 5.92 Å². The van der Waals surface area contributed by atoms with Crippen LogP contribution in [-0.4, -0.2) is 0 Å². The van der Waals surface area contributed by atoms with Gasteiger partial charge in [0.15, 0.2) is 0 Å². The third kappa shape index (κ3) is 2.78. The number of benzene rings is 1. The van der Waals surface area contributed by atoms with Crippen molar-refractivity contribution in [1.29, 1.82) is 0 Å². The van der Waals surface area contributed by atoms with Crippen LogP contribution in [0.2, 0.25) is 5.02 Å². The van der Waals surface area contributed by atoms with Gasteiger partial charge in [-0.15, -0.1) is 0 Å². The van der Waals surface area contributed by atoms with E-state index in [1.54, 1.807) is 0 Å². The highest BCUT2D eigenvalue weighted by molar-refractivity contribution is 6.31. The molecule has 0 aromatic heterocycles. The van der Waals surface area contributed by atoms with Gasteiger partial charge in [-0.3, -0.25) is 0 Å². The highest BCUT2D eigenvalue weighted by Gasteiger charge is 2.22. The molecule has 0 spiro atoms. The molecule has 1 atom stereocenters. The number of nitrogens with two attached hydrogens (primary N) is 1. The van der Waals surface area contributed by atoms with Crippen LogP contribution in [0, 0.1) is 5.92 Å². The Morgan fingerprint density at radius 3 is 2.31 bits per heavy atom. The van der Waals surface area contributed by atoms with Crippen molar-refractivity contribution < 1.29 is 0 Å². The van der Waals surface area contributed by atoms with Crippen molar-refractivity contribution in [3.8, 4) is 0 Å². The zero-order valence-corrected chi connectivity index (χ0v) is 10.4. The van der Waals surface area contributed by atoms with Crippen LogP contribution in [0.5, 0.6) is 0 Å². The monoisotopic (exact) mass is 237 g/mol. The van der Waals surface area contributed by atoms with E-state index in [0.717, 1.165) is 10.6 Å². The van der Waals surface area contributed by atoms with Crippen LogP contribution in [0.25, 0.3) is 0 Å². The van der Waals surface area contributed by atoms with Crippen LogP contribution in [0.1, 0.15) is 50.1 Å². The second-order valence-electron chi connectivity index (χ2n) is 4.80. The smallest absolute Gasteiger partial charge is 0.0453 e. The average Bonchev–Trinajstić information content (AvgIpc) is 2.57. The molecule has 2 heteroatoms. The largest absolute Gasteiger partial charge is 0.324 e. The maximum absolute atomic E-state index is 6.36. The van der Waals surface area contributed by atoms with Crippen LogP contribution in [0.3, 0.4) is 0 Å². The molecule has 88 valence electrons. The number of halogens is 1.